The number of rotatable bonds is 7. The van der Waals surface area contributed by atoms with Crippen molar-refractivity contribution >= 4 is 5.91 Å². The Hall–Kier alpha value is -0.610. The summed E-state index contributed by atoms with van der Waals surface area (Å²) in [7, 11) is 0. The molecule has 2 atom stereocenters. The highest BCUT2D eigenvalue weighted by molar-refractivity contribution is 5.86. The molecule has 0 heterocycles. The maximum absolute atomic E-state index is 11.9. The minimum atomic E-state index is -0.770. The summed E-state index contributed by atoms with van der Waals surface area (Å²) in [4.78, 5) is 11.9. The van der Waals surface area contributed by atoms with E-state index in [0.29, 0.717) is 12.5 Å². The molecule has 4 N–H and O–H groups in total. The Labute approximate surface area is 104 Å². The van der Waals surface area contributed by atoms with Gasteiger partial charge in [-0.1, -0.05) is 26.7 Å². The third kappa shape index (κ3) is 3.68. The molecule has 1 saturated carbocycles. The first-order valence-corrected chi connectivity index (χ1v) is 6.68. The van der Waals surface area contributed by atoms with Crippen molar-refractivity contribution in [3.05, 3.63) is 0 Å². The minimum absolute atomic E-state index is 0.134. The van der Waals surface area contributed by atoms with E-state index in [1.54, 1.807) is 6.92 Å². The molecule has 0 saturated heterocycles. The van der Waals surface area contributed by atoms with Crippen LogP contribution in [0.1, 0.15) is 46.5 Å². The Morgan fingerprint density at radius 1 is 1.47 bits per heavy atom. The largest absolute Gasteiger partial charge is 0.391 e. The smallest absolute Gasteiger partial charge is 0.240 e. The monoisotopic (exact) mass is 242 g/mol. The molecule has 1 aliphatic carbocycles. The zero-order valence-electron chi connectivity index (χ0n) is 11.2. The third-order valence-electron chi connectivity index (χ3n) is 3.98. The van der Waals surface area contributed by atoms with Gasteiger partial charge < -0.3 is 16.2 Å². The van der Waals surface area contributed by atoms with Crippen molar-refractivity contribution in [2.75, 3.05) is 6.54 Å². The molecule has 1 aliphatic rings. The molecule has 0 aromatic rings. The number of aliphatic hydroxyl groups excluding tert-OH is 1. The lowest BCUT2D eigenvalue weighted by atomic mass is 9.94. The summed E-state index contributed by atoms with van der Waals surface area (Å²) in [6, 6.07) is 0. The number of nitrogens with one attached hydrogen (secondary N) is 1. The van der Waals surface area contributed by atoms with Crippen molar-refractivity contribution in [3.8, 4) is 0 Å². The van der Waals surface area contributed by atoms with E-state index >= 15 is 0 Å². The molecule has 17 heavy (non-hydrogen) atoms. The SMILES string of the molecule is CCC(CC)C(O)CNC(=O)C(C)(N)C1CC1. The normalized spacial score (nSPS) is 21.1. The van der Waals surface area contributed by atoms with Gasteiger partial charge in [0.15, 0.2) is 0 Å². The van der Waals surface area contributed by atoms with Gasteiger partial charge in [-0.05, 0) is 31.6 Å². The molecule has 4 nitrogen and oxygen atoms in total. The van der Waals surface area contributed by atoms with Crippen LogP contribution in [0.2, 0.25) is 0 Å². The number of hydrogen-bond acceptors (Lipinski definition) is 3. The molecule has 0 aromatic carbocycles. The molecule has 0 aliphatic heterocycles. The van der Waals surface area contributed by atoms with Gasteiger partial charge in [0, 0.05) is 6.54 Å². The molecule has 1 fully saturated rings. The van der Waals surface area contributed by atoms with Crippen LogP contribution >= 0.6 is 0 Å². The number of aliphatic hydroxyl groups is 1. The molecule has 1 rings (SSSR count). The number of nitrogens with two attached hydrogens (primary N) is 1. The maximum atomic E-state index is 11.9. The third-order valence-corrected chi connectivity index (χ3v) is 3.98. The van der Waals surface area contributed by atoms with Gasteiger partial charge in [0.05, 0.1) is 11.6 Å². The molecule has 4 heteroatoms. The number of carbonyl (C=O) groups is 1. The van der Waals surface area contributed by atoms with Crippen LogP contribution in [0, 0.1) is 11.8 Å². The summed E-state index contributed by atoms with van der Waals surface area (Å²) in [5, 5.41) is 12.7. The maximum Gasteiger partial charge on any atom is 0.240 e. The molecular formula is C13H26N2O2. The fourth-order valence-corrected chi connectivity index (χ4v) is 2.26. The van der Waals surface area contributed by atoms with Crippen molar-refractivity contribution < 1.29 is 9.90 Å². The molecule has 0 spiro atoms. The zero-order chi connectivity index (χ0) is 13.1. The Balaban J connectivity index is 2.37. The summed E-state index contributed by atoms with van der Waals surface area (Å²) in [6.07, 6.45) is 3.46. The summed E-state index contributed by atoms with van der Waals surface area (Å²) >= 11 is 0. The first kappa shape index (κ1) is 14.5. The highest BCUT2D eigenvalue weighted by Crippen LogP contribution is 2.38. The molecule has 0 aromatic heterocycles. The lowest BCUT2D eigenvalue weighted by Gasteiger charge is -2.26. The van der Waals surface area contributed by atoms with E-state index in [-0.39, 0.29) is 11.8 Å². The first-order chi connectivity index (χ1) is 7.93. The minimum Gasteiger partial charge on any atom is -0.391 e. The second kappa shape index (κ2) is 5.83. The highest BCUT2D eigenvalue weighted by Gasteiger charge is 2.44. The predicted octanol–water partition coefficient (Wildman–Crippen LogP) is 1.03. The summed E-state index contributed by atoms with van der Waals surface area (Å²) in [5.74, 6) is 0.429. The van der Waals surface area contributed by atoms with Crippen LogP contribution in [0.25, 0.3) is 0 Å². The number of amides is 1. The molecule has 0 bridgehead atoms. The van der Waals surface area contributed by atoms with Crippen LogP contribution in [0.15, 0.2) is 0 Å². The standard InChI is InChI=1S/C13H26N2O2/c1-4-9(5-2)11(16)8-15-12(17)13(3,14)10-6-7-10/h9-11,16H,4-8,14H2,1-3H3,(H,15,17). The topological polar surface area (TPSA) is 75.3 Å². The van der Waals surface area contributed by atoms with E-state index in [1.165, 1.54) is 0 Å². The van der Waals surface area contributed by atoms with Crippen molar-refractivity contribution in [3.63, 3.8) is 0 Å². The van der Waals surface area contributed by atoms with Crippen LogP contribution in [0.3, 0.4) is 0 Å². The van der Waals surface area contributed by atoms with Crippen LogP contribution < -0.4 is 11.1 Å². The van der Waals surface area contributed by atoms with Crippen LogP contribution in [-0.2, 0) is 4.79 Å². The lowest BCUT2D eigenvalue weighted by Crippen LogP contribution is -2.54. The quantitative estimate of drug-likeness (QED) is 0.624. The molecule has 0 radical (unpaired) electrons. The Bertz CT molecular complexity index is 258. The average Bonchev–Trinajstić information content (AvgIpc) is 3.11. The van der Waals surface area contributed by atoms with Gasteiger partial charge in [0.25, 0.3) is 0 Å². The van der Waals surface area contributed by atoms with Crippen molar-refractivity contribution in [2.24, 2.45) is 17.6 Å². The zero-order valence-corrected chi connectivity index (χ0v) is 11.2. The highest BCUT2D eigenvalue weighted by atomic mass is 16.3. The second-order valence-electron chi connectivity index (χ2n) is 5.41. The molecular weight excluding hydrogens is 216 g/mol. The predicted molar refractivity (Wildman–Crippen MR) is 68.4 cm³/mol. The Kier molecular flexibility index (Phi) is 4.95. The van der Waals surface area contributed by atoms with Crippen LogP contribution in [0.5, 0.6) is 0 Å². The fraction of sp³-hybridized carbons (Fsp3) is 0.923. The second-order valence-corrected chi connectivity index (χ2v) is 5.41. The van der Waals surface area contributed by atoms with E-state index in [2.05, 4.69) is 19.2 Å². The van der Waals surface area contributed by atoms with Gasteiger partial charge in [-0.25, -0.2) is 0 Å². The molecule has 2 unspecified atom stereocenters. The summed E-state index contributed by atoms with van der Waals surface area (Å²) in [5.41, 5.74) is 5.23. The van der Waals surface area contributed by atoms with Crippen LogP contribution in [0.4, 0.5) is 0 Å². The van der Waals surface area contributed by atoms with Crippen molar-refractivity contribution in [1.82, 2.24) is 5.32 Å². The first-order valence-electron chi connectivity index (χ1n) is 6.68. The van der Waals surface area contributed by atoms with E-state index < -0.39 is 11.6 Å². The van der Waals surface area contributed by atoms with Crippen molar-refractivity contribution in [1.29, 1.82) is 0 Å². The lowest BCUT2D eigenvalue weighted by molar-refractivity contribution is -0.127. The van der Waals surface area contributed by atoms with Crippen LogP contribution in [-0.4, -0.2) is 29.2 Å². The average molecular weight is 242 g/mol. The molecule has 100 valence electrons. The Morgan fingerprint density at radius 2 is 2.00 bits per heavy atom. The van der Waals surface area contributed by atoms with Gasteiger partial charge in [-0.2, -0.15) is 0 Å². The summed E-state index contributed by atoms with van der Waals surface area (Å²) in [6.45, 7) is 6.20. The van der Waals surface area contributed by atoms with Gasteiger partial charge >= 0.3 is 0 Å². The number of hydrogen-bond donors (Lipinski definition) is 3. The Morgan fingerprint density at radius 3 is 2.41 bits per heavy atom. The van der Waals surface area contributed by atoms with E-state index in [4.69, 9.17) is 5.73 Å². The van der Waals surface area contributed by atoms with Gasteiger partial charge in [-0.15, -0.1) is 0 Å². The van der Waals surface area contributed by atoms with Crippen molar-refractivity contribution in [2.45, 2.75) is 58.1 Å². The van der Waals surface area contributed by atoms with Gasteiger partial charge in [0.1, 0.15) is 0 Å². The van der Waals surface area contributed by atoms with Gasteiger partial charge in [-0.3, -0.25) is 4.79 Å². The number of carbonyl (C=O) groups excluding carboxylic acids is 1. The van der Waals surface area contributed by atoms with E-state index in [1.807, 2.05) is 0 Å². The summed E-state index contributed by atoms with van der Waals surface area (Å²) < 4.78 is 0. The molecule has 1 amide bonds. The fourth-order valence-electron chi connectivity index (χ4n) is 2.26. The van der Waals surface area contributed by atoms with E-state index in [0.717, 1.165) is 25.7 Å². The van der Waals surface area contributed by atoms with Gasteiger partial charge in [0.2, 0.25) is 5.91 Å². The van der Waals surface area contributed by atoms with E-state index in [9.17, 15) is 9.90 Å².